The average Bonchev–Trinajstić information content (AvgIpc) is 2.89. The third-order valence-electron chi connectivity index (χ3n) is 6.50. The van der Waals surface area contributed by atoms with E-state index in [2.05, 4.69) is 10.6 Å². The van der Waals surface area contributed by atoms with Crippen molar-refractivity contribution in [3.05, 3.63) is 80.1 Å². The predicted molar refractivity (Wildman–Crippen MR) is 132 cm³/mol. The van der Waals surface area contributed by atoms with Gasteiger partial charge in [0.05, 0.1) is 23.2 Å². The zero-order chi connectivity index (χ0) is 25.1. The molecular formula is C26H27N3O6. The molecule has 3 aromatic rings. The van der Waals surface area contributed by atoms with Crippen molar-refractivity contribution >= 4 is 28.9 Å². The summed E-state index contributed by atoms with van der Waals surface area (Å²) in [6.07, 6.45) is 1.37. The highest BCUT2D eigenvalue weighted by atomic mass is 16.4. The number of para-hydroxylation sites is 1. The standard InChI is InChI=1S/C26H27N3O6/c1-2-18(15-7-4-3-5-8-15)27-20-21(24(32)23(20)31)28-19-10-6-9-17(22(19)30)25(33)29-13-11-16(12-14-29)26(34)35/h3-10,16,18,27-28,30H,2,11-14H2,1H3,(H,34,35)/t18-/m1/s1. The zero-order valence-corrected chi connectivity index (χ0v) is 19.3. The first kappa shape index (κ1) is 24.0. The Morgan fingerprint density at radius 2 is 1.66 bits per heavy atom. The van der Waals surface area contributed by atoms with Crippen LogP contribution >= 0.6 is 0 Å². The second-order valence-corrected chi connectivity index (χ2v) is 8.66. The second kappa shape index (κ2) is 10.0. The van der Waals surface area contributed by atoms with Gasteiger partial charge in [-0.15, -0.1) is 0 Å². The number of likely N-dealkylation sites (tertiary alicyclic amines) is 1. The molecule has 1 aliphatic heterocycles. The van der Waals surface area contributed by atoms with Gasteiger partial charge in [-0.05, 0) is 37.0 Å². The molecule has 0 saturated carbocycles. The number of hydrogen-bond acceptors (Lipinski definition) is 7. The monoisotopic (exact) mass is 477 g/mol. The van der Waals surface area contributed by atoms with Crippen molar-refractivity contribution in [2.45, 2.75) is 32.2 Å². The minimum Gasteiger partial charge on any atom is -0.505 e. The Balaban J connectivity index is 1.53. The van der Waals surface area contributed by atoms with E-state index in [0.717, 1.165) is 5.56 Å². The molecule has 9 nitrogen and oxygen atoms in total. The van der Waals surface area contributed by atoms with Crippen LogP contribution in [0.4, 0.5) is 17.1 Å². The van der Waals surface area contributed by atoms with Crippen LogP contribution in [-0.2, 0) is 4.79 Å². The molecule has 0 spiro atoms. The van der Waals surface area contributed by atoms with Crippen molar-refractivity contribution in [3.8, 4) is 5.75 Å². The summed E-state index contributed by atoms with van der Waals surface area (Å²) in [4.78, 5) is 50.3. The normalized spacial score (nSPS) is 15.1. The number of phenols is 1. The van der Waals surface area contributed by atoms with Crippen molar-refractivity contribution in [2.24, 2.45) is 5.92 Å². The van der Waals surface area contributed by atoms with E-state index in [0.29, 0.717) is 19.3 Å². The summed E-state index contributed by atoms with van der Waals surface area (Å²) in [6, 6.07) is 13.9. The maximum Gasteiger partial charge on any atom is 0.306 e. The number of carbonyl (C=O) groups excluding carboxylic acids is 1. The van der Waals surface area contributed by atoms with Gasteiger partial charge in [0, 0.05) is 13.1 Å². The molecule has 1 aliphatic rings. The van der Waals surface area contributed by atoms with Crippen molar-refractivity contribution < 1.29 is 19.8 Å². The van der Waals surface area contributed by atoms with E-state index in [1.54, 1.807) is 6.07 Å². The number of amides is 1. The second-order valence-electron chi connectivity index (χ2n) is 8.66. The molecule has 1 saturated heterocycles. The number of carboxylic acid groups (broad SMARTS) is 1. The van der Waals surface area contributed by atoms with Gasteiger partial charge in [0.2, 0.25) is 0 Å². The minimum atomic E-state index is -0.874. The maximum absolute atomic E-state index is 13.0. The SMILES string of the molecule is CC[C@@H](Nc1c(Nc2cccc(C(=O)N3CCC(C(=O)O)CC3)c2O)c(=O)c1=O)c1ccccc1. The van der Waals surface area contributed by atoms with Gasteiger partial charge in [-0.25, -0.2) is 0 Å². The number of aromatic hydroxyl groups is 1. The van der Waals surface area contributed by atoms with E-state index in [1.165, 1.54) is 17.0 Å². The van der Waals surface area contributed by atoms with Gasteiger partial charge in [-0.2, -0.15) is 0 Å². The number of rotatable bonds is 8. The van der Waals surface area contributed by atoms with Crippen LogP contribution < -0.4 is 21.5 Å². The number of phenolic OH excluding ortho intramolecular Hbond substituents is 1. The molecule has 1 atom stereocenters. The van der Waals surface area contributed by atoms with E-state index in [1.807, 2.05) is 37.3 Å². The molecule has 4 rings (SSSR count). The summed E-state index contributed by atoms with van der Waals surface area (Å²) >= 11 is 0. The van der Waals surface area contributed by atoms with Gasteiger partial charge in [0.1, 0.15) is 11.4 Å². The van der Waals surface area contributed by atoms with Gasteiger partial charge >= 0.3 is 5.97 Å². The van der Waals surface area contributed by atoms with Crippen molar-refractivity contribution in [2.75, 3.05) is 23.7 Å². The molecule has 0 radical (unpaired) electrons. The highest BCUT2D eigenvalue weighted by molar-refractivity contribution is 5.99. The smallest absolute Gasteiger partial charge is 0.306 e. The Morgan fingerprint density at radius 3 is 2.29 bits per heavy atom. The molecule has 35 heavy (non-hydrogen) atoms. The van der Waals surface area contributed by atoms with E-state index >= 15 is 0 Å². The van der Waals surface area contributed by atoms with Crippen LogP contribution in [0, 0.1) is 5.92 Å². The third-order valence-corrected chi connectivity index (χ3v) is 6.50. The lowest BCUT2D eigenvalue weighted by Crippen LogP contribution is -2.40. The summed E-state index contributed by atoms with van der Waals surface area (Å²) in [5.41, 5.74) is -0.0516. The fourth-order valence-corrected chi connectivity index (χ4v) is 4.38. The van der Waals surface area contributed by atoms with Gasteiger partial charge in [0.15, 0.2) is 5.75 Å². The van der Waals surface area contributed by atoms with Crippen molar-refractivity contribution in [3.63, 3.8) is 0 Å². The van der Waals surface area contributed by atoms with Crippen LogP contribution in [0.1, 0.15) is 48.1 Å². The molecule has 4 N–H and O–H groups in total. The largest absolute Gasteiger partial charge is 0.505 e. The van der Waals surface area contributed by atoms with Gasteiger partial charge in [-0.3, -0.25) is 19.2 Å². The Kier molecular flexibility index (Phi) is 6.86. The first-order valence-electron chi connectivity index (χ1n) is 11.6. The number of carbonyl (C=O) groups is 2. The molecule has 1 heterocycles. The number of piperidine rings is 1. The number of benzene rings is 2. The lowest BCUT2D eigenvalue weighted by atomic mass is 9.96. The Labute approximate surface area is 201 Å². The number of hydrogen-bond donors (Lipinski definition) is 4. The summed E-state index contributed by atoms with van der Waals surface area (Å²) in [6.45, 7) is 2.51. The van der Waals surface area contributed by atoms with Crippen molar-refractivity contribution in [1.29, 1.82) is 0 Å². The highest BCUT2D eigenvalue weighted by Crippen LogP contribution is 2.34. The molecule has 0 aromatic heterocycles. The molecule has 0 bridgehead atoms. The molecular weight excluding hydrogens is 450 g/mol. The molecule has 3 aromatic carbocycles. The topological polar surface area (TPSA) is 136 Å². The number of aliphatic carboxylic acids is 1. The molecule has 182 valence electrons. The Hall–Kier alpha value is -4.14. The van der Waals surface area contributed by atoms with Gasteiger partial charge in [-0.1, -0.05) is 43.3 Å². The highest BCUT2D eigenvalue weighted by Gasteiger charge is 2.30. The van der Waals surface area contributed by atoms with E-state index < -0.39 is 28.7 Å². The Bertz CT molecular complexity index is 1300. The van der Waals surface area contributed by atoms with Crippen LogP contribution in [0.2, 0.25) is 0 Å². The van der Waals surface area contributed by atoms with Gasteiger partial charge in [0.25, 0.3) is 16.8 Å². The van der Waals surface area contributed by atoms with Crippen LogP contribution in [-0.4, -0.2) is 40.1 Å². The summed E-state index contributed by atoms with van der Waals surface area (Å²) in [7, 11) is 0. The van der Waals surface area contributed by atoms with E-state index in [-0.39, 0.29) is 47.5 Å². The molecule has 9 heteroatoms. The number of anilines is 3. The van der Waals surface area contributed by atoms with Crippen LogP contribution in [0.25, 0.3) is 0 Å². The lowest BCUT2D eigenvalue weighted by molar-refractivity contribution is -0.143. The number of nitrogens with zero attached hydrogens (tertiary/aromatic N) is 1. The Morgan fingerprint density at radius 1 is 1.00 bits per heavy atom. The summed E-state index contributed by atoms with van der Waals surface area (Å²) < 4.78 is 0. The van der Waals surface area contributed by atoms with Crippen molar-refractivity contribution in [1.82, 2.24) is 4.90 Å². The molecule has 0 unspecified atom stereocenters. The first-order chi connectivity index (χ1) is 16.8. The van der Waals surface area contributed by atoms with Crippen LogP contribution in [0.3, 0.4) is 0 Å². The third kappa shape index (κ3) is 4.75. The summed E-state index contributed by atoms with van der Waals surface area (Å²) in [5, 5.41) is 25.9. The molecule has 1 fully saturated rings. The lowest BCUT2D eigenvalue weighted by Gasteiger charge is -2.30. The predicted octanol–water partition coefficient (Wildman–Crippen LogP) is 3.23. The number of carboxylic acids is 1. The van der Waals surface area contributed by atoms with E-state index in [4.69, 9.17) is 5.11 Å². The number of nitrogens with one attached hydrogen (secondary N) is 2. The summed E-state index contributed by atoms with van der Waals surface area (Å²) in [5.74, 6) is -2.12. The first-order valence-corrected chi connectivity index (χ1v) is 11.6. The average molecular weight is 478 g/mol. The fraction of sp³-hybridized carbons (Fsp3) is 0.308. The minimum absolute atomic E-state index is 0.0338. The van der Waals surface area contributed by atoms with Gasteiger partial charge < -0.3 is 25.7 Å². The fourth-order valence-electron chi connectivity index (χ4n) is 4.38. The van der Waals surface area contributed by atoms with E-state index in [9.17, 15) is 24.3 Å². The molecule has 1 amide bonds. The van der Waals surface area contributed by atoms with Crippen LogP contribution in [0.5, 0.6) is 5.75 Å². The quantitative estimate of drug-likeness (QED) is 0.287. The maximum atomic E-state index is 13.0. The zero-order valence-electron chi connectivity index (χ0n) is 19.3. The van der Waals surface area contributed by atoms with Crippen LogP contribution in [0.15, 0.2) is 58.1 Å². The molecule has 0 aliphatic carbocycles.